The molecule has 7 atom stereocenters. The van der Waals surface area contributed by atoms with Crippen LogP contribution in [0.1, 0.15) is 44.9 Å². The molecule has 0 aromatic heterocycles. The molecule has 0 radical (unpaired) electrons. The minimum atomic E-state index is -0.874. The summed E-state index contributed by atoms with van der Waals surface area (Å²) in [5.74, 6) is -1.07. The number of hydrogen-bond acceptors (Lipinski definition) is 6. The first-order valence-electron chi connectivity index (χ1n) is 9.70. The molecule has 0 amide bonds. The molecular formula is C18H29N3O4. The third-order valence-electron chi connectivity index (χ3n) is 6.74. The molecule has 3 heterocycles. The van der Waals surface area contributed by atoms with Gasteiger partial charge in [0.05, 0.1) is 30.1 Å². The van der Waals surface area contributed by atoms with Gasteiger partial charge >= 0.3 is 5.97 Å². The first-order valence-corrected chi connectivity index (χ1v) is 9.70. The molecule has 140 valence electrons. The molecule has 1 saturated carbocycles. The number of rotatable bonds is 3. The van der Waals surface area contributed by atoms with Gasteiger partial charge in [-0.3, -0.25) is 14.9 Å². The maximum absolute atomic E-state index is 13.1. The quantitative estimate of drug-likeness (QED) is 0.586. The van der Waals surface area contributed by atoms with Crippen LogP contribution in [0.2, 0.25) is 0 Å². The van der Waals surface area contributed by atoms with Gasteiger partial charge in [0.2, 0.25) is 0 Å². The van der Waals surface area contributed by atoms with Gasteiger partial charge in [0.25, 0.3) is 0 Å². The molecule has 7 unspecified atom stereocenters. The lowest BCUT2D eigenvalue weighted by Crippen LogP contribution is -2.70. The Labute approximate surface area is 148 Å². The number of ketones is 1. The molecule has 4 fully saturated rings. The summed E-state index contributed by atoms with van der Waals surface area (Å²) >= 11 is 0. The summed E-state index contributed by atoms with van der Waals surface area (Å²) in [6.07, 6.45) is 6.53. The fraction of sp³-hybridized carbons (Fsp3) is 0.889. The number of ether oxygens (including phenoxy) is 1. The van der Waals surface area contributed by atoms with Crippen molar-refractivity contribution in [3.05, 3.63) is 0 Å². The second-order valence-corrected chi connectivity index (χ2v) is 8.09. The van der Waals surface area contributed by atoms with Gasteiger partial charge in [-0.1, -0.05) is 12.8 Å². The van der Waals surface area contributed by atoms with Crippen LogP contribution < -0.4 is 16.0 Å². The number of aliphatic carboxylic acids is 1. The average Bonchev–Trinajstić information content (AvgIpc) is 3.15. The van der Waals surface area contributed by atoms with E-state index in [1.54, 1.807) is 7.05 Å². The van der Waals surface area contributed by atoms with E-state index in [1.165, 1.54) is 25.7 Å². The van der Waals surface area contributed by atoms with Gasteiger partial charge in [-0.2, -0.15) is 0 Å². The van der Waals surface area contributed by atoms with Crippen LogP contribution in [0, 0.1) is 17.8 Å². The van der Waals surface area contributed by atoms with Gasteiger partial charge in [0.1, 0.15) is 6.23 Å². The minimum absolute atomic E-state index is 0.0993. The van der Waals surface area contributed by atoms with Crippen molar-refractivity contribution < 1.29 is 19.4 Å². The highest BCUT2D eigenvalue weighted by Gasteiger charge is 2.52. The number of Topliss-reactive ketones (excluding diaryl/α,β-unsaturated/α-hetero) is 1. The zero-order valence-electron chi connectivity index (χ0n) is 14.7. The third-order valence-corrected chi connectivity index (χ3v) is 6.74. The van der Waals surface area contributed by atoms with E-state index in [1.807, 2.05) is 0 Å². The van der Waals surface area contributed by atoms with Crippen molar-refractivity contribution >= 4 is 11.8 Å². The van der Waals surface area contributed by atoms with Crippen LogP contribution in [0.3, 0.4) is 0 Å². The minimum Gasteiger partial charge on any atom is -0.481 e. The van der Waals surface area contributed by atoms with Crippen molar-refractivity contribution in [2.24, 2.45) is 17.8 Å². The SMILES string of the molecule is CNC1NC2OC3CCC(C4CCCC4)NC3C(=O)C2CC1C(=O)O. The highest BCUT2D eigenvalue weighted by atomic mass is 16.5. The summed E-state index contributed by atoms with van der Waals surface area (Å²) in [5.41, 5.74) is 0. The summed E-state index contributed by atoms with van der Waals surface area (Å²) in [6, 6.07) is 0.132. The average molecular weight is 351 g/mol. The lowest BCUT2D eigenvalue weighted by Gasteiger charge is -2.50. The van der Waals surface area contributed by atoms with Crippen LogP contribution in [-0.4, -0.2) is 54.5 Å². The molecule has 25 heavy (non-hydrogen) atoms. The van der Waals surface area contributed by atoms with E-state index >= 15 is 0 Å². The Morgan fingerprint density at radius 2 is 1.96 bits per heavy atom. The predicted molar refractivity (Wildman–Crippen MR) is 90.8 cm³/mol. The van der Waals surface area contributed by atoms with Crippen molar-refractivity contribution in [3.63, 3.8) is 0 Å². The Morgan fingerprint density at radius 1 is 1.20 bits per heavy atom. The zero-order chi connectivity index (χ0) is 17.6. The van der Waals surface area contributed by atoms with E-state index in [9.17, 15) is 14.7 Å². The molecule has 4 N–H and O–H groups in total. The number of carbonyl (C=O) groups is 2. The predicted octanol–water partition coefficient (Wildman–Crippen LogP) is 0.447. The van der Waals surface area contributed by atoms with E-state index in [2.05, 4.69) is 16.0 Å². The van der Waals surface area contributed by atoms with Crippen molar-refractivity contribution in [1.29, 1.82) is 0 Å². The van der Waals surface area contributed by atoms with E-state index in [-0.39, 0.29) is 36.2 Å². The summed E-state index contributed by atoms with van der Waals surface area (Å²) in [7, 11) is 1.73. The van der Waals surface area contributed by atoms with Gasteiger partial charge in [0, 0.05) is 6.04 Å². The molecule has 0 spiro atoms. The molecule has 0 bridgehead atoms. The van der Waals surface area contributed by atoms with Crippen molar-refractivity contribution in [3.8, 4) is 0 Å². The normalized spacial score (nSPS) is 45.0. The Hall–Kier alpha value is -1.02. The topological polar surface area (TPSA) is 99.7 Å². The molecule has 7 nitrogen and oxygen atoms in total. The first-order chi connectivity index (χ1) is 12.1. The molecule has 0 aromatic rings. The fourth-order valence-corrected chi connectivity index (χ4v) is 5.36. The van der Waals surface area contributed by atoms with Gasteiger partial charge in [-0.15, -0.1) is 0 Å². The number of piperidine rings is 2. The largest absolute Gasteiger partial charge is 0.481 e. The van der Waals surface area contributed by atoms with E-state index < -0.39 is 11.9 Å². The van der Waals surface area contributed by atoms with E-state index in [0.717, 1.165) is 12.8 Å². The lowest BCUT2D eigenvalue weighted by atomic mass is 9.76. The molecule has 3 aliphatic heterocycles. The summed E-state index contributed by atoms with van der Waals surface area (Å²) in [6.45, 7) is 0. The standard InChI is InChI=1S/C18H29N3O4/c1-19-16-11(18(23)24)8-10-15(22)14-13(25-17(10)21-16)7-6-12(20-14)9-4-2-3-5-9/h9-14,16-17,19-21H,2-8H2,1H3,(H,23,24). The lowest BCUT2D eigenvalue weighted by molar-refractivity contribution is -0.177. The zero-order valence-corrected chi connectivity index (χ0v) is 14.7. The maximum Gasteiger partial charge on any atom is 0.309 e. The Kier molecular flexibility index (Phi) is 4.83. The van der Waals surface area contributed by atoms with Crippen LogP contribution in [0.5, 0.6) is 0 Å². The van der Waals surface area contributed by atoms with Gasteiger partial charge in [-0.25, -0.2) is 0 Å². The Morgan fingerprint density at radius 3 is 2.64 bits per heavy atom. The smallest absolute Gasteiger partial charge is 0.309 e. The fourth-order valence-electron chi connectivity index (χ4n) is 5.36. The number of nitrogens with one attached hydrogen (secondary N) is 3. The third kappa shape index (κ3) is 3.12. The molecule has 3 saturated heterocycles. The first kappa shape index (κ1) is 17.4. The van der Waals surface area contributed by atoms with Crippen molar-refractivity contribution in [2.45, 2.75) is 75.5 Å². The van der Waals surface area contributed by atoms with Crippen LogP contribution in [0.15, 0.2) is 0 Å². The second kappa shape index (κ2) is 6.95. The number of carboxylic acids is 1. The van der Waals surface area contributed by atoms with E-state index in [4.69, 9.17) is 4.74 Å². The van der Waals surface area contributed by atoms with Crippen molar-refractivity contribution in [1.82, 2.24) is 16.0 Å². The summed E-state index contributed by atoms with van der Waals surface area (Å²) in [4.78, 5) is 24.7. The van der Waals surface area contributed by atoms with Gasteiger partial charge in [0.15, 0.2) is 5.78 Å². The van der Waals surface area contributed by atoms with Gasteiger partial charge < -0.3 is 20.5 Å². The Bertz CT molecular complexity index is 536. The van der Waals surface area contributed by atoms with Crippen LogP contribution >= 0.6 is 0 Å². The van der Waals surface area contributed by atoms with Crippen LogP contribution in [0.4, 0.5) is 0 Å². The molecule has 4 aliphatic rings. The van der Waals surface area contributed by atoms with Gasteiger partial charge in [-0.05, 0) is 45.1 Å². The van der Waals surface area contributed by atoms with Crippen LogP contribution in [-0.2, 0) is 14.3 Å². The number of fused-ring (bicyclic) bond motifs is 2. The molecule has 7 heteroatoms. The highest BCUT2D eigenvalue weighted by Crippen LogP contribution is 2.38. The van der Waals surface area contributed by atoms with E-state index in [0.29, 0.717) is 18.4 Å². The van der Waals surface area contributed by atoms with Crippen molar-refractivity contribution in [2.75, 3.05) is 7.05 Å². The number of carbonyl (C=O) groups excluding carboxylic acids is 1. The van der Waals surface area contributed by atoms with Crippen LogP contribution in [0.25, 0.3) is 0 Å². The second-order valence-electron chi connectivity index (χ2n) is 8.09. The molecule has 1 aliphatic carbocycles. The molecule has 4 rings (SSSR count). The summed E-state index contributed by atoms with van der Waals surface area (Å²) in [5, 5.41) is 19.3. The number of carboxylic acid groups (broad SMARTS) is 1. The number of hydrogen-bond donors (Lipinski definition) is 4. The molecular weight excluding hydrogens is 322 g/mol. The maximum atomic E-state index is 13.1. The monoisotopic (exact) mass is 351 g/mol. The highest BCUT2D eigenvalue weighted by molar-refractivity contribution is 5.89. The Balaban J connectivity index is 1.48. The summed E-state index contributed by atoms with van der Waals surface area (Å²) < 4.78 is 6.21. The molecule has 0 aromatic carbocycles.